The van der Waals surface area contributed by atoms with Gasteiger partial charge >= 0.3 is 0 Å². The number of furan rings is 1. The highest BCUT2D eigenvalue weighted by Crippen LogP contribution is 2.26. The van der Waals surface area contributed by atoms with Crippen LogP contribution in [0.1, 0.15) is 27.2 Å². The summed E-state index contributed by atoms with van der Waals surface area (Å²) in [5.74, 6) is 0.919. The minimum absolute atomic E-state index is 0.737. The van der Waals surface area contributed by atoms with Gasteiger partial charge in [-0.15, -0.1) is 0 Å². The molecule has 1 heterocycles. The number of rotatable bonds is 1. The van der Waals surface area contributed by atoms with Crippen molar-refractivity contribution in [3.8, 4) is 0 Å². The van der Waals surface area contributed by atoms with Crippen LogP contribution in [0.15, 0.2) is 16.5 Å². The number of aryl methyl sites for hydroxylation is 3. The van der Waals surface area contributed by atoms with E-state index in [2.05, 4.69) is 0 Å². The van der Waals surface area contributed by atoms with Crippen molar-refractivity contribution in [1.82, 2.24) is 0 Å². The van der Waals surface area contributed by atoms with Crippen molar-refractivity contribution in [2.45, 2.75) is 20.8 Å². The zero-order chi connectivity index (χ0) is 10.3. The molecule has 0 aliphatic heterocycles. The van der Waals surface area contributed by atoms with Gasteiger partial charge in [0.1, 0.15) is 17.6 Å². The molecule has 2 heteroatoms. The quantitative estimate of drug-likeness (QED) is 0.643. The zero-order valence-corrected chi connectivity index (χ0v) is 8.55. The van der Waals surface area contributed by atoms with Crippen LogP contribution in [0.3, 0.4) is 0 Å². The molecular weight excluding hydrogens is 176 g/mol. The second kappa shape index (κ2) is 2.98. The molecule has 1 aromatic carbocycles. The summed E-state index contributed by atoms with van der Waals surface area (Å²) >= 11 is 0. The zero-order valence-electron chi connectivity index (χ0n) is 8.55. The van der Waals surface area contributed by atoms with Crippen molar-refractivity contribution in [2.24, 2.45) is 0 Å². The van der Waals surface area contributed by atoms with Gasteiger partial charge in [-0.1, -0.05) is 0 Å². The SMILES string of the molecule is Cc1cc2oc(C)c(C)c2cc1C=O. The van der Waals surface area contributed by atoms with E-state index in [4.69, 9.17) is 4.42 Å². The predicted octanol–water partition coefficient (Wildman–Crippen LogP) is 3.17. The first-order chi connectivity index (χ1) is 6.63. The van der Waals surface area contributed by atoms with Gasteiger partial charge in [-0.3, -0.25) is 4.79 Å². The smallest absolute Gasteiger partial charge is 0.150 e. The molecule has 72 valence electrons. The molecule has 1 aromatic heterocycles. The van der Waals surface area contributed by atoms with Gasteiger partial charge in [-0.05, 0) is 44.0 Å². The Kier molecular flexibility index (Phi) is 1.92. The number of hydrogen-bond acceptors (Lipinski definition) is 2. The van der Waals surface area contributed by atoms with Crippen molar-refractivity contribution in [2.75, 3.05) is 0 Å². The Morgan fingerprint density at radius 3 is 2.57 bits per heavy atom. The first-order valence-corrected chi connectivity index (χ1v) is 4.59. The molecule has 0 spiro atoms. The fraction of sp³-hybridized carbons (Fsp3) is 0.250. The maximum absolute atomic E-state index is 10.8. The Bertz CT molecular complexity index is 507. The largest absolute Gasteiger partial charge is 0.461 e. The third kappa shape index (κ3) is 1.15. The van der Waals surface area contributed by atoms with Crippen LogP contribution in [-0.2, 0) is 0 Å². The van der Waals surface area contributed by atoms with Crippen LogP contribution in [0.25, 0.3) is 11.0 Å². The molecule has 0 amide bonds. The molecule has 0 bridgehead atoms. The summed E-state index contributed by atoms with van der Waals surface area (Å²) in [5.41, 5.74) is 3.67. The maximum Gasteiger partial charge on any atom is 0.150 e. The summed E-state index contributed by atoms with van der Waals surface area (Å²) < 4.78 is 5.56. The summed E-state index contributed by atoms with van der Waals surface area (Å²) in [7, 11) is 0. The molecule has 2 aromatic rings. The minimum atomic E-state index is 0.737. The van der Waals surface area contributed by atoms with Crippen molar-refractivity contribution in [3.63, 3.8) is 0 Å². The van der Waals surface area contributed by atoms with Crippen LogP contribution in [-0.4, -0.2) is 6.29 Å². The van der Waals surface area contributed by atoms with Crippen LogP contribution in [0.5, 0.6) is 0 Å². The van der Waals surface area contributed by atoms with E-state index in [9.17, 15) is 4.79 Å². The Balaban J connectivity index is 2.86. The fourth-order valence-corrected chi connectivity index (χ4v) is 1.63. The number of hydrogen-bond donors (Lipinski definition) is 0. The van der Waals surface area contributed by atoms with Crippen LogP contribution >= 0.6 is 0 Å². The van der Waals surface area contributed by atoms with Crippen LogP contribution < -0.4 is 0 Å². The summed E-state index contributed by atoms with van der Waals surface area (Å²) in [6.07, 6.45) is 0.885. The molecule has 0 N–H and O–H groups in total. The normalized spacial score (nSPS) is 10.8. The second-order valence-electron chi connectivity index (χ2n) is 3.61. The van der Waals surface area contributed by atoms with Gasteiger partial charge in [0.15, 0.2) is 0 Å². The number of aldehydes is 1. The lowest BCUT2D eigenvalue weighted by molar-refractivity contribution is 0.112. The standard InChI is InChI=1S/C12H12O2/c1-7-4-12-11(5-10(7)6-13)8(2)9(3)14-12/h4-6H,1-3H3. The Labute approximate surface area is 82.5 Å². The highest BCUT2D eigenvalue weighted by Gasteiger charge is 2.09. The average Bonchev–Trinajstić information content (AvgIpc) is 2.41. The number of carbonyl (C=O) groups excluding carboxylic acids is 1. The second-order valence-corrected chi connectivity index (χ2v) is 3.61. The van der Waals surface area contributed by atoms with Crippen LogP contribution in [0.4, 0.5) is 0 Å². The first kappa shape index (κ1) is 9.00. The number of carbonyl (C=O) groups is 1. The topological polar surface area (TPSA) is 30.2 Å². The lowest BCUT2D eigenvalue weighted by Gasteiger charge is -1.97. The third-order valence-electron chi connectivity index (χ3n) is 2.69. The molecule has 0 saturated carbocycles. The predicted molar refractivity (Wildman–Crippen MR) is 55.8 cm³/mol. The van der Waals surface area contributed by atoms with E-state index in [-0.39, 0.29) is 0 Å². The Morgan fingerprint density at radius 2 is 1.93 bits per heavy atom. The van der Waals surface area contributed by atoms with Gasteiger partial charge in [0.2, 0.25) is 0 Å². The van der Waals surface area contributed by atoms with Crippen LogP contribution in [0.2, 0.25) is 0 Å². The maximum atomic E-state index is 10.8. The Hall–Kier alpha value is -1.57. The summed E-state index contributed by atoms with van der Waals surface area (Å²) in [6.45, 7) is 5.85. The highest BCUT2D eigenvalue weighted by molar-refractivity contribution is 5.90. The van der Waals surface area contributed by atoms with E-state index in [1.54, 1.807) is 0 Å². The lowest BCUT2D eigenvalue weighted by atomic mass is 10.1. The molecular formula is C12H12O2. The van der Waals surface area contributed by atoms with E-state index in [0.29, 0.717) is 0 Å². The van der Waals surface area contributed by atoms with Gasteiger partial charge in [-0.25, -0.2) is 0 Å². The number of benzene rings is 1. The molecule has 2 rings (SSSR count). The molecule has 0 fully saturated rings. The van der Waals surface area contributed by atoms with Gasteiger partial charge < -0.3 is 4.42 Å². The molecule has 0 radical (unpaired) electrons. The van der Waals surface area contributed by atoms with E-state index in [0.717, 1.165) is 39.7 Å². The van der Waals surface area contributed by atoms with E-state index in [1.807, 2.05) is 32.9 Å². The van der Waals surface area contributed by atoms with Gasteiger partial charge in [0.05, 0.1) is 0 Å². The molecule has 0 aliphatic rings. The van der Waals surface area contributed by atoms with Crippen molar-refractivity contribution in [3.05, 3.63) is 34.6 Å². The molecule has 2 nitrogen and oxygen atoms in total. The van der Waals surface area contributed by atoms with E-state index >= 15 is 0 Å². The molecule has 0 aliphatic carbocycles. The minimum Gasteiger partial charge on any atom is -0.461 e. The fourth-order valence-electron chi connectivity index (χ4n) is 1.63. The summed E-state index contributed by atoms with van der Waals surface area (Å²) in [4.78, 5) is 10.8. The molecule has 0 saturated heterocycles. The van der Waals surface area contributed by atoms with E-state index in [1.165, 1.54) is 0 Å². The monoisotopic (exact) mass is 188 g/mol. The first-order valence-electron chi connectivity index (χ1n) is 4.59. The highest BCUT2D eigenvalue weighted by atomic mass is 16.3. The van der Waals surface area contributed by atoms with Crippen LogP contribution in [0, 0.1) is 20.8 Å². The third-order valence-corrected chi connectivity index (χ3v) is 2.69. The number of fused-ring (bicyclic) bond motifs is 1. The van der Waals surface area contributed by atoms with Gasteiger partial charge in [0.25, 0.3) is 0 Å². The average molecular weight is 188 g/mol. The van der Waals surface area contributed by atoms with Gasteiger partial charge in [-0.2, -0.15) is 0 Å². The molecule has 0 atom stereocenters. The van der Waals surface area contributed by atoms with E-state index < -0.39 is 0 Å². The van der Waals surface area contributed by atoms with Crippen molar-refractivity contribution >= 4 is 17.3 Å². The Morgan fingerprint density at radius 1 is 1.21 bits per heavy atom. The summed E-state index contributed by atoms with van der Waals surface area (Å²) in [6, 6.07) is 3.81. The molecule has 0 unspecified atom stereocenters. The van der Waals surface area contributed by atoms with Crippen molar-refractivity contribution < 1.29 is 9.21 Å². The van der Waals surface area contributed by atoms with Crippen molar-refractivity contribution in [1.29, 1.82) is 0 Å². The molecule has 14 heavy (non-hydrogen) atoms. The summed E-state index contributed by atoms with van der Waals surface area (Å²) in [5, 5.41) is 1.04. The van der Waals surface area contributed by atoms with Gasteiger partial charge in [0, 0.05) is 10.9 Å². The lowest BCUT2D eigenvalue weighted by Crippen LogP contribution is -1.85.